The van der Waals surface area contributed by atoms with E-state index in [0.29, 0.717) is 25.2 Å². The monoisotopic (exact) mass is 411 g/mol. The summed E-state index contributed by atoms with van der Waals surface area (Å²) in [5, 5.41) is 2.34. The summed E-state index contributed by atoms with van der Waals surface area (Å²) in [5.74, 6) is -1.09. The van der Waals surface area contributed by atoms with E-state index in [1.54, 1.807) is 11.6 Å². The van der Waals surface area contributed by atoms with E-state index in [1.165, 1.54) is 10.1 Å². The molecule has 0 radical (unpaired) electrons. The topological polar surface area (TPSA) is 91.6 Å². The standard InChI is InChI=1S/C22H25N3O5/c1-24-18-13-15(12-14-6-8-22(9-7-14)29-10-11-30-22)2-3-16(18)25(21(24)28)17-4-5-19(26)23-20(17)27/h2-3,12-13,17H,4-11H2,1H3,(H,23,26,27). The average Bonchev–Trinajstić information content (AvgIpc) is 3.28. The number of rotatable bonds is 2. The lowest BCUT2D eigenvalue weighted by atomic mass is 9.88. The fourth-order valence-electron chi connectivity index (χ4n) is 4.82. The molecule has 2 amide bonds. The van der Waals surface area contributed by atoms with Gasteiger partial charge < -0.3 is 9.47 Å². The predicted molar refractivity (Wildman–Crippen MR) is 110 cm³/mol. The molecule has 1 aliphatic carbocycles. The molecule has 3 fully saturated rings. The molecule has 5 rings (SSSR count). The molecule has 2 aromatic rings. The first kappa shape index (κ1) is 19.3. The largest absolute Gasteiger partial charge is 0.348 e. The molecule has 8 nitrogen and oxygen atoms in total. The lowest BCUT2D eigenvalue weighted by molar-refractivity contribution is -0.171. The number of benzene rings is 1. The summed E-state index contributed by atoms with van der Waals surface area (Å²) in [7, 11) is 1.71. The van der Waals surface area contributed by atoms with Crippen molar-refractivity contribution in [3.8, 4) is 0 Å². The lowest BCUT2D eigenvalue weighted by Gasteiger charge is -2.32. The number of hydrogen-bond donors (Lipinski definition) is 1. The molecule has 30 heavy (non-hydrogen) atoms. The van der Waals surface area contributed by atoms with Crippen molar-refractivity contribution in [2.45, 2.75) is 50.4 Å². The van der Waals surface area contributed by atoms with Gasteiger partial charge in [0.25, 0.3) is 0 Å². The maximum Gasteiger partial charge on any atom is 0.329 e. The van der Waals surface area contributed by atoms with Crippen LogP contribution in [0.5, 0.6) is 0 Å². The van der Waals surface area contributed by atoms with Gasteiger partial charge >= 0.3 is 5.69 Å². The molecule has 1 N–H and O–H groups in total. The minimum atomic E-state index is -0.663. The second-order valence-electron chi connectivity index (χ2n) is 8.34. The highest BCUT2D eigenvalue weighted by Gasteiger charge is 2.38. The quantitative estimate of drug-likeness (QED) is 0.764. The van der Waals surface area contributed by atoms with E-state index in [2.05, 4.69) is 11.4 Å². The molecule has 0 bridgehead atoms. The maximum atomic E-state index is 12.9. The first-order chi connectivity index (χ1) is 14.5. The number of hydrogen-bond acceptors (Lipinski definition) is 5. The maximum absolute atomic E-state index is 12.9. The molecule has 3 heterocycles. The number of fused-ring (bicyclic) bond motifs is 1. The van der Waals surface area contributed by atoms with Gasteiger partial charge in [0.15, 0.2) is 5.79 Å². The number of piperidine rings is 1. The van der Waals surface area contributed by atoms with Crippen LogP contribution in [-0.4, -0.2) is 39.9 Å². The number of imidazole rings is 1. The number of nitrogens with zero attached hydrogens (tertiary/aromatic N) is 2. The predicted octanol–water partition coefficient (Wildman–Crippen LogP) is 2.02. The number of amides is 2. The van der Waals surface area contributed by atoms with Crippen LogP contribution in [0.1, 0.15) is 50.1 Å². The summed E-state index contributed by atoms with van der Waals surface area (Å²) in [6.07, 6.45) is 6.33. The molecule has 1 atom stereocenters. The van der Waals surface area contributed by atoms with Crippen LogP contribution < -0.4 is 11.0 Å². The van der Waals surface area contributed by atoms with Crippen LogP contribution in [0.25, 0.3) is 17.1 Å². The highest BCUT2D eigenvalue weighted by atomic mass is 16.7. The van der Waals surface area contributed by atoms with Gasteiger partial charge in [-0.05, 0) is 37.0 Å². The lowest BCUT2D eigenvalue weighted by Crippen LogP contribution is -2.44. The van der Waals surface area contributed by atoms with Crippen LogP contribution in [0.4, 0.5) is 0 Å². The summed E-state index contributed by atoms with van der Waals surface area (Å²) in [6.45, 7) is 1.35. The van der Waals surface area contributed by atoms with E-state index in [-0.39, 0.29) is 23.8 Å². The van der Waals surface area contributed by atoms with E-state index < -0.39 is 11.9 Å². The summed E-state index contributed by atoms with van der Waals surface area (Å²) < 4.78 is 14.7. The van der Waals surface area contributed by atoms with Crippen molar-refractivity contribution in [3.05, 3.63) is 39.8 Å². The van der Waals surface area contributed by atoms with E-state index >= 15 is 0 Å². The van der Waals surface area contributed by atoms with Gasteiger partial charge in [-0.25, -0.2) is 4.79 Å². The molecule has 3 aliphatic rings. The van der Waals surface area contributed by atoms with Gasteiger partial charge in [0.2, 0.25) is 11.8 Å². The SMILES string of the molecule is Cn1c(=O)n(C2CCC(=O)NC2=O)c2ccc(C=C3CCC4(CC3)OCCO4)cc21. The zero-order chi connectivity index (χ0) is 20.9. The van der Waals surface area contributed by atoms with Crippen molar-refractivity contribution in [2.24, 2.45) is 7.05 Å². The smallest absolute Gasteiger partial charge is 0.329 e. The summed E-state index contributed by atoms with van der Waals surface area (Å²) in [4.78, 5) is 36.7. The zero-order valence-electron chi connectivity index (χ0n) is 17.0. The van der Waals surface area contributed by atoms with Gasteiger partial charge in [0.05, 0.1) is 24.2 Å². The highest BCUT2D eigenvalue weighted by molar-refractivity contribution is 6.00. The van der Waals surface area contributed by atoms with Crippen LogP contribution in [0.3, 0.4) is 0 Å². The molecular formula is C22H25N3O5. The number of imide groups is 1. The van der Waals surface area contributed by atoms with Crippen LogP contribution in [0.2, 0.25) is 0 Å². The fourth-order valence-corrected chi connectivity index (χ4v) is 4.82. The van der Waals surface area contributed by atoms with Crippen molar-refractivity contribution < 1.29 is 19.1 Å². The molecule has 1 spiro atoms. The Balaban J connectivity index is 1.44. The van der Waals surface area contributed by atoms with E-state index in [4.69, 9.17) is 9.47 Å². The Labute approximate surface area is 173 Å². The van der Waals surface area contributed by atoms with Crippen molar-refractivity contribution >= 4 is 28.9 Å². The van der Waals surface area contributed by atoms with Gasteiger partial charge in [0.1, 0.15) is 6.04 Å². The van der Waals surface area contributed by atoms with Crippen LogP contribution in [0, 0.1) is 0 Å². The second-order valence-corrected chi connectivity index (χ2v) is 8.34. The van der Waals surface area contributed by atoms with E-state index in [9.17, 15) is 14.4 Å². The number of aryl methyl sites for hydroxylation is 1. The molecule has 1 aromatic heterocycles. The Morgan fingerprint density at radius 1 is 1.07 bits per heavy atom. The number of nitrogens with one attached hydrogen (secondary N) is 1. The van der Waals surface area contributed by atoms with Crippen molar-refractivity contribution in [3.63, 3.8) is 0 Å². The molecule has 1 unspecified atom stereocenters. The van der Waals surface area contributed by atoms with Gasteiger partial charge in [-0.1, -0.05) is 17.7 Å². The summed E-state index contributed by atoms with van der Waals surface area (Å²) >= 11 is 0. The highest BCUT2D eigenvalue weighted by Crippen LogP contribution is 2.38. The number of ether oxygens (including phenoxy) is 2. The minimum absolute atomic E-state index is 0.234. The molecule has 1 aromatic carbocycles. The normalized spacial score (nSPS) is 23.9. The second kappa shape index (κ2) is 7.21. The number of allylic oxidation sites excluding steroid dienone is 1. The number of aromatic nitrogens is 2. The van der Waals surface area contributed by atoms with Gasteiger partial charge in [-0.2, -0.15) is 0 Å². The Hall–Kier alpha value is -2.71. The summed E-state index contributed by atoms with van der Waals surface area (Å²) in [5.41, 5.74) is 3.59. The third-order valence-electron chi connectivity index (χ3n) is 6.47. The van der Waals surface area contributed by atoms with E-state index in [0.717, 1.165) is 36.8 Å². The Bertz CT molecular complexity index is 1110. The van der Waals surface area contributed by atoms with Gasteiger partial charge in [0, 0.05) is 26.3 Å². The summed E-state index contributed by atoms with van der Waals surface area (Å²) in [6, 6.07) is 5.19. The van der Waals surface area contributed by atoms with E-state index in [1.807, 2.05) is 18.2 Å². The van der Waals surface area contributed by atoms with Gasteiger partial charge in [-0.15, -0.1) is 0 Å². The Morgan fingerprint density at radius 2 is 1.80 bits per heavy atom. The van der Waals surface area contributed by atoms with Crippen molar-refractivity contribution in [1.29, 1.82) is 0 Å². The first-order valence-corrected chi connectivity index (χ1v) is 10.5. The number of carbonyl (C=O) groups is 2. The average molecular weight is 411 g/mol. The van der Waals surface area contributed by atoms with Crippen molar-refractivity contribution in [1.82, 2.24) is 14.5 Å². The van der Waals surface area contributed by atoms with Crippen molar-refractivity contribution in [2.75, 3.05) is 13.2 Å². The van der Waals surface area contributed by atoms with Crippen LogP contribution in [0.15, 0.2) is 28.6 Å². The Morgan fingerprint density at radius 3 is 2.50 bits per heavy atom. The minimum Gasteiger partial charge on any atom is -0.348 e. The zero-order valence-corrected chi connectivity index (χ0v) is 17.0. The molecule has 158 valence electrons. The fraction of sp³-hybridized carbons (Fsp3) is 0.500. The molecule has 1 saturated carbocycles. The number of carbonyl (C=O) groups excluding carboxylic acids is 2. The first-order valence-electron chi connectivity index (χ1n) is 10.5. The molecule has 2 saturated heterocycles. The Kier molecular flexibility index (Phi) is 4.63. The molecular weight excluding hydrogens is 386 g/mol. The van der Waals surface area contributed by atoms with Crippen LogP contribution >= 0.6 is 0 Å². The third kappa shape index (κ3) is 3.20. The third-order valence-corrected chi connectivity index (χ3v) is 6.47. The van der Waals surface area contributed by atoms with Crippen LogP contribution in [-0.2, 0) is 26.1 Å². The molecule has 8 heteroatoms. The molecule has 2 aliphatic heterocycles. The van der Waals surface area contributed by atoms with Gasteiger partial charge in [-0.3, -0.25) is 24.0 Å².